The molecule has 2 N–H and O–H groups in total. The summed E-state index contributed by atoms with van der Waals surface area (Å²) in [7, 11) is 0. The number of aryl methyl sites for hydroxylation is 1. The number of amides is 2. The molecular weight excluding hydrogens is 360 g/mol. The number of nitrogens with one attached hydrogen (secondary N) is 2. The molecule has 144 valence electrons. The molecule has 1 aliphatic heterocycles. The van der Waals surface area contributed by atoms with Crippen molar-refractivity contribution < 1.29 is 9.59 Å². The van der Waals surface area contributed by atoms with Gasteiger partial charge in [0, 0.05) is 17.0 Å². The Morgan fingerprint density at radius 1 is 1.22 bits per heavy atom. The molecule has 1 aromatic heterocycles. The molecule has 0 bridgehead atoms. The molecule has 0 spiro atoms. The van der Waals surface area contributed by atoms with Crippen LogP contribution in [-0.2, 0) is 11.3 Å². The molecule has 0 unspecified atom stereocenters. The summed E-state index contributed by atoms with van der Waals surface area (Å²) < 4.78 is 0. The lowest BCUT2D eigenvalue weighted by Crippen LogP contribution is -2.32. The minimum absolute atomic E-state index is 0.0777. The highest BCUT2D eigenvalue weighted by molar-refractivity contribution is 7.15. The van der Waals surface area contributed by atoms with Crippen LogP contribution in [0.1, 0.15) is 40.7 Å². The molecule has 0 radical (unpaired) electrons. The van der Waals surface area contributed by atoms with Crippen LogP contribution in [0.2, 0.25) is 0 Å². The summed E-state index contributed by atoms with van der Waals surface area (Å²) in [6, 6.07) is 8.85. The standard InChI is InChI=1S/C20H26N4O2S/c1-14-8-10-24(11-9-14)13-17-15(2)22-20(27-17)23-18(25)12-21-19(26)16-6-4-3-5-7-16/h3-7,14H,8-13H2,1-2H3,(H,21,26)(H,22,23,25). The Balaban J connectivity index is 1.49. The van der Waals surface area contributed by atoms with Gasteiger partial charge in [-0.05, 0) is 50.9 Å². The van der Waals surface area contributed by atoms with Crippen molar-refractivity contribution in [3.05, 3.63) is 46.5 Å². The zero-order valence-electron chi connectivity index (χ0n) is 15.8. The average molecular weight is 387 g/mol. The van der Waals surface area contributed by atoms with E-state index in [1.54, 1.807) is 24.3 Å². The van der Waals surface area contributed by atoms with Crippen LogP contribution >= 0.6 is 11.3 Å². The summed E-state index contributed by atoms with van der Waals surface area (Å²) in [6.07, 6.45) is 2.48. The third kappa shape index (κ3) is 5.61. The van der Waals surface area contributed by atoms with Crippen LogP contribution in [0, 0.1) is 12.8 Å². The maximum absolute atomic E-state index is 12.1. The van der Waals surface area contributed by atoms with Gasteiger partial charge in [0.05, 0.1) is 12.2 Å². The van der Waals surface area contributed by atoms with Crippen LogP contribution < -0.4 is 10.6 Å². The molecule has 6 nitrogen and oxygen atoms in total. The Hall–Kier alpha value is -2.25. The Morgan fingerprint density at radius 2 is 1.93 bits per heavy atom. The summed E-state index contributed by atoms with van der Waals surface area (Å²) in [6.45, 7) is 7.32. The fourth-order valence-corrected chi connectivity index (χ4v) is 4.09. The van der Waals surface area contributed by atoms with Crippen molar-refractivity contribution >= 4 is 28.3 Å². The molecule has 2 heterocycles. The lowest BCUT2D eigenvalue weighted by molar-refractivity contribution is -0.115. The molecule has 0 atom stereocenters. The van der Waals surface area contributed by atoms with Crippen molar-refractivity contribution in [2.24, 2.45) is 5.92 Å². The Morgan fingerprint density at radius 3 is 2.63 bits per heavy atom. The molecule has 2 amide bonds. The topological polar surface area (TPSA) is 74.3 Å². The van der Waals surface area contributed by atoms with E-state index in [1.165, 1.54) is 29.1 Å². The van der Waals surface area contributed by atoms with Crippen LogP contribution in [-0.4, -0.2) is 41.3 Å². The average Bonchev–Trinajstić information content (AvgIpc) is 3.01. The number of nitrogens with zero attached hydrogens (tertiary/aromatic N) is 2. The summed E-state index contributed by atoms with van der Waals surface area (Å²) in [5, 5.41) is 6.01. The largest absolute Gasteiger partial charge is 0.343 e. The molecule has 7 heteroatoms. The number of anilines is 1. The number of piperidine rings is 1. The summed E-state index contributed by atoms with van der Waals surface area (Å²) in [5.41, 5.74) is 1.50. The van der Waals surface area contributed by atoms with Gasteiger partial charge in [0.1, 0.15) is 0 Å². The zero-order valence-corrected chi connectivity index (χ0v) is 16.6. The number of hydrogen-bond acceptors (Lipinski definition) is 5. The van der Waals surface area contributed by atoms with Crippen molar-refractivity contribution in [1.29, 1.82) is 0 Å². The third-order valence-electron chi connectivity index (χ3n) is 4.83. The Labute approximate surface area is 164 Å². The molecule has 0 saturated carbocycles. The van der Waals surface area contributed by atoms with Crippen molar-refractivity contribution in [1.82, 2.24) is 15.2 Å². The first kappa shape index (κ1) is 19.5. The minimum Gasteiger partial charge on any atom is -0.343 e. The van der Waals surface area contributed by atoms with Crippen LogP contribution in [0.25, 0.3) is 0 Å². The number of aromatic nitrogens is 1. The van der Waals surface area contributed by atoms with E-state index in [1.807, 2.05) is 13.0 Å². The maximum atomic E-state index is 12.1. The molecule has 1 aromatic carbocycles. The third-order valence-corrected chi connectivity index (χ3v) is 5.89. The van der Waals surface area contributed by atoms with E-state index in [9.17, 15) is 9.59 Å². The first-order chi connectivity index (χ1) is 13.0. The second-order valence-corrected chi connectivity index (χ2v) is 8.17. The van der Waals surface area contributed by atoms with Gasteiger partial charge < -0.3 is 10.6 Å². The molecule has 1 aliphatic rings. The molecule has 1 fully saturated rings. The first-order valence-electron chi connectivity index (χ1n) is 9.33. The van der Waals surface area contributed by atoms with E-state index in [0.717, 1.165) is 31.2 Å². The van der Waals surface area contributed by atoms with E-state index >= 15 is 0 Å². The molecule has 0 aliphatic carbocycles. The van der Waals surface area contributed by atoms with Gasteiger partial charge in [-0.25, -0.2) is 4.98 Å². The van der Waals surface area contributed by atoms with Crippen molar-refractivity contribution in [3.8, 4) is 0 Å². The predicted molar refractivity (Wildman–Crippen MR) is 108 cm³/mol. The quantitative estimate of drug-likeness (QED) is 0.800. The van der Waals surface area contributed by atoms with Crippen LogP contribution in [0.5, 0.6) is 0 Å². The van der Waals surface area contributed by atoms with Crippen molar-refractivity contribution in [2.75, 3.05) is 25.0 Å². The fraction of sp³-hybridized carbons (Fsp3) is 0.450. The Kier molecular flexibility index (Phi) is 6.58. The zero-order chi connectivity index (χ0) is 19.2. The monoisotopic (exact) mass is 386 g/mol. The molecule has 2 aromatic rings. The van der Waals surface area contributed by atoms with Crippen LogP contribution in [0.15, 0.2) is 30.3 Å². The summed E-state index contributed by atoms with van der Waals surface area (Å²) in [4.78, 5) is 32.2. The SMILES string of the molecule is Cc1nc(NC(=O)CNC(=O)c2ccccc2)sc1CN1CCC(C)CC1. The highest BCUT2D eigenvalue weighted by atomic mass is 32.1. The first-order valence-corrected chi connectivity index (χ1v) is 10.1. The van der Waals surface area contributed by atoms with Gasteiger partial charge in [-0.3, -0.25) is 14.5 Å². The smallest absolute Gasteiger partial charge is 0.251 e. The fourth-order valence-electron chi connectivity index (χ4n) is 3.07. The lowest BCUT2D eigenvalue weighted by Gasteiger charge is -2.29. The predicted octanol–water partition coefficient (Wildman–Crippen LogP) is 3.05. The van der Waals surface area contributed by atoms with Crippen molar-refractivity contribution in [2.45, 2.75) is 33.2 Å². The van der Waals surface area contributed by atoms with Crippen molar-refractivity contribution in [3.63, 3.8) is 0 Å². The van der Waals surface area contributed by atoms with Crippen LogP contribution in [0.3, 0.4) is 0 Å². The normalized spacial score (nSPS) is 15.5. The number of hydrogen-bond donors (Lipinski definition) is 2. The number of rotatable bonds is 6. The van der Waals surface area contributed by atoms with Gasteiger partial charge in [-0.15, -0.1) is 11.3 Å². The van der Waals surface area contributed by atoms with Gasteiger partial charge in [0.15, 0.2) is 5.13 Å². The van der Waals surface area contributed by atoms with Gasteiger partial charge >= 0.3 is 0 Å². The Bertz CT molecular complexity index is 783. The van der Waals surface area contributed by atoms with E-state index in [0.29, 0.717) is 10.7 Å². The van der Waals surface area contributed by atoms with E-state index < -0.39 is 0 Å². The maximum Gasteiger partial charge on any atom is 0.251 e. The minimum atomic E-state index is -0.272. The van der Waals surface area contributed by atoms with E-state index in [2.05, 4.69) is 27.4 Å². The molecule has 1 saturated heterocycles. The van der Waals surface area contributed by atoms with Gasteiger partial charge in [0.25, 0.3) is 5.91 Å². The van der Waals surface area contributed by atoms with E-state index in [4.69, 9.17) is 0 Å². The highest BCUT2D eigenvalue weighted by Gasteiger charge is 2.18. The second kappa shape index (κ2) is 9.10. The van der Waals surface area contributed by atoms with Gasteiger partial charge in [-0.1, -0.05) is 25.1 Å². The molecular formula is C20H26N4O2S. The number of carbonyl (C=O) groups is 2. The van der Waals surface area contributed by atoms with Crippen LogP contribution in [0.4, 0.5) is 5.13 Å². The number of thiazole rings is 1. The van der Waals surface area contributed by atoms with Gasteiger partial charge in [0.2, 0.25) is 5.91 Å². The number of carbonyl (C=O) groups excluding carboxylic acids is 2. The second-order valence-electron chi connectivity index (χ2n) is 7.08. The summed E-state index contributed by atoms with van der Waals surface area (Å²) >= 11 is 1.52. The number of benzene rings is 1. The number of likely N-dealkylation sites (tertiary alicyclic amines) is 1. The van der Waals surface area contributed by atoms with Gasteiger partial charge in [-0.2, -0.15) is 0 Å². The lowest BCUT2D eigenvalue weighted by atomic mass is 9.99. The van der Waals surface area contributed by atoms with E-state index in [-0.39, 0.29) is 18.4 Å². The molecule has 3 rings (SSSR count). The molecule has 27 heavy (non-hydrogen) atoms. The summed E-state index contributed by atoms with van der Waals surface area (Å²) in [5.74, 6) is 0.275. The highest BCUT2D eigenvalue weighted by Crippen LogP contribution is 2.26.